The molecular weight excluding hydrogens is 386 g/mol. The molecule has 0 radical (unpaired) electrons. The second kappa shape index (κ2) is 7.36. The van der Waals surface area contributed by atoms with E-state index in [-0.39, 0.29) is 18.0 Å². The number of aromatic nitrogens is 2. The molecule has 2 aliphatic heterocycles. The zero-order valence-electron chi connectivity index (χ0n) is 15.7. The molecule has 0 unspecified atom stereocenters. The van der Waals surface area contributed by atoms with Crippen molar-refractivity contribution in [2.24, 2.45) is 4.99 Å². The molecule has 1 aromatic heterocycles. The Morgan fingerprint density at radius 3 is 2.76 bits per heavy atom. The van der Waals surface area contributed by atoms with Crippen LogP contribution in [-0.4, -0.2) is 50.9 Å². The first-order valence-electron chi connectivity index (χ1n) is 9.53. The highest BCUT2D eigenvalue weighted by Crippen LogP contribution is 2.24. The zero-order valence-corrected chi connectivity index (χ0v) is 16.5. The predicted molar refractivity (Wildman–Crippen MR) is 115 cm³/mol. The number of fused-ring (bicyclic) bond motifs is 4. The topological polar surface area (TPSA) is 79.6 Å². The van der Waals surface area contributed by atoms with Crippen molar-refractivity contribution in [1.82, 2.24) is 19.8 Å². The molecule has 0 fully saturated rings. The van der Waals surface area contributed by atoms with Crippen LogP contribution in [0.3, 0.4) is 0 Å². The number of amidine groups is 1. The van der Waals surface area contributed by atoms with Gasteiger partial charge in [0.05, 0.1) is 35.2 Å². The van der Waals surface area contributed by atoms with Crippen LogP contribution < -0.4 is 10.9 Å². The van der Waals surface area contributed by atoms with Crippen LogP contribution in [0.4, 0.5) is 0 Å². The van der Waals surface area contributed by atoms with Crippen LogP contribution in [0.15, 0.2) is 58.3 Å². The van der Waals surface area contributed by atoms with Crippen LogP contribution in [0, 0.1) is 0 Å². The second-order valence-electron chi connectivity index (χ2n) is 6.89. The standard InChI is InChI=1S/C21H19N5O2S/c27-19-15-6-2-4-8-17(15)26-18(24-16-7-3-1-5-14(16)20(26)28)13-25(19)11-12-29-21-22-9-10-23-21/h1-8H,9-13H2,(H,22,23). The highest BCUT2D eigenvalue weighted by Gasteiger charge is 2.27. The normalized spacial score (nSPS) is 15.5. The molecule has 146 valence electrons. The summed E-state index contributed by atoms with van der Waals surface area (Å²) in [6.07, 6.45) is 0. The van der Waals surface area contributed by atoms with Gasteiger partial charge in [0.1, 0.15) is 5.82 Å². The van der Waals surface area contributed by atoms with Crippen molar-refractivity contribution in [1.29, 1.82) is 0 Å². The summed E-state index contributed by atoms with van der Waals surface area (Å²) in [5.74, 6) is 1.21. The fraction of sp³-hybridized carbons (Fsp3) is 0.238. The molecule has 8 heteroatoms. The average Bonchev–Trinajstić information content (AvgIpc) is 3.23. The Bertz CT molecular complexity index is 1200. The molecule has 7 nitrogen and oxygen atoms in total. The van der Waals surface area contributed by atoms with Crippen LogP contribution in [0.25, 0.3) is 16.6 Å². The second-order valence-corrected chi connectivity index (χ2v) is 7.98. The van der Waals surface area contributed by atoms with Gasteiger partial charge >= 0.3 is 0 Å². The lowest BCUT2D eigenvalue weighted by Gasteiger charge is -2.20. The molecule has 0 saturated carbocycles. The molecule has 3 heterocycles. The maximum Gasteiger partial charge on any atom is 0.266 e. The van der Waals surface area contributed by atoms with Gasteiger partial charge in [-0.25, -0.2) is 4.98 Å². The Labute approximate surface area is 171 Å². The Morgan fingerprint density at radius 2 is 1.90 bits per heavy atom. The maximum atomic E-state index is 13.3. The number of nitrogens with zero attached hydrogens (tertiary/aromatic N) is 4. The molecule has 3 aromatic rings. The van der Waals surface area contributed by atoms with Gasteiger partial charge in [0, 0.05) is 18.8 Å². The fourth-order valence-electron chi connectivity index (χ4n) is 3.70. The third-order valence-corrected chi connectivity index (χ3v) is 6.02. The first-order valence-corrected chi connectivity index (χ1v) is 10.5. The molecule has 0 spiro atoms. The first kappa shape index (κ1) is 17.9. The molecule has 5 rings (SSSR count). The molecule has 0 atom stereocenters. The zero-order chi connectivity index (χ0) is 19.8. The SMILES string of the molecule is O=C1c2ccccc2-n2c(nc3ccccc3c2=O)CN1CCSC1=NCCN1. The maximum absolute atomic E-state index is 13.3. The van der Waals surface area contributed by atoms with E-state index in [1.807, 2.05) is 36.4 Å². The molecule has 0 saturated heterocycles. The van der Waals surface area contributed by atoms with E-state index in [1.54, 1.807) is 33.4 Å². The Morgan fingerprint density at radius 1 is 1.07 bits per heavy atom. The van der Waals surface area contributed by atoms with Crippen LogP contribution in [0.2, 0.25) is 0 Å². The third kappa shape index (κ3) is 3.19. The van der Waals surface area contributed by atoms with Gasteiger partial charge in [-0.15, -0.1) is 0 Å². The molecule has 29 heavy (non-hydrogen) atoms. The van der Waals surface area contributed by atoms with E-state index >= 15 is 0 Å². The quantitative estimate of drug-likeness (QED) is 0.721. The summed E-state index contributed by atoms with van der Waals surface area (Å²) in [6.45, 7) is 2.49. The van der Waals surface area contributed by atoms with Crippen molar-refractivity contribution < 1.29 is 4.79 Å². The number of amides is 1. The van der Waals surface area contributed by atoms with Gasteiger partial charge in [0.15, 0.2) is 5.17 Å². The molecule has 2 aliphatic rings. The number of hydrogen-bond acceptors (Lipinski definition) is 6. The van der Waals surface area contributed by atoms with E-state index in [0.717, 1.165) is 24.0 Å². The van der Waals surface area contributed by atoms with Gasteiger partial charge in [-0.05, 0) is 24.3 Å². The number of benzene rings is 2. The number of carbonyl (C=O) groups is 1. The minimum absolute atomic E-state index is 0.0866. The van der Waals surface area contributed by atoms with Gasteiger partial charge in [-0.1, -0.05) is 36.0 Å². The van der Waals surface area contributed by atoms with Gasteiger partial charge in [-0.3, -0.25) is 19.1 Å². The van der Waals surface area contributed by atoms with Crippen molar-refractivity contribution in [3.05, 3.63) is 70.3 Å². The van der Waals surface area contributed by atoms with E-state index in [9.17, 15) is 9.59 Å². The summed E-state index contributed by atoms with van der Waals surface area (Å²) in [5, 5.41) is 4.70. The summed E-state index contributed by atoms with van der Waals surface area (Å²) < 4.78 is 1.59. The highest BCUT2D eigenvalue weighted by atomic mass is 32.2. The number of thioether (sulfide) groups is 1. The van der Waals surface area contributed by atoms with Crippen LogP contribution in [-0.2, 0) is 6.54 Å². The van der Waals surface area contributed by atoms with E-state index in [4.69, 9.17) is 4.98 Å². The monoisotopic (exact) mass is 405 g/mol. The van der Waals surface area contributed by atoms with Gasteiger partial charge in [-0.2, -0.15) is 0 Å². The highest BCUT2D eigenvalue weighted by molar-refractivity contribution is 8.13. The van der Waals surface area contributed by atoms with E-state index in [2.05, 4.69) is 10.3 Å². The minimum Gasteiger partial charge on any atom is -0.363 e. The number of aliphatic imine (C=N–C) groups is 1. The Balaban J connectivity index is 1.57. The van der Waals surface area contributed by atoms with Crippen LogP contribution in [0.1, 0.15) is 16.2 Å². The number of hydrogen-bond donors (Lipinski definition) is 1. The molecule has 1 amide bonds. The van der Waals surface area contributed by atoms with Crippen molar-refractivity contribution >= 4 is 33.7 Å². The first-order chi connectivity index (χ1) is 14.2. The van der Waals surface area contributed by atoms with E-state index in [0.29, 0.717) is 34.5 Å². The fourth-order valence-corrected chi connectivity index (χ4v) is 4.59. The predicted octanol–water partition coefficient (Wildman–Crippen LogP) is 2.03. The van der Waals surface area contributed by atoms with Crippen molar-refractivity contribution in [3.63, 3.8) is 0 Å². The summed E-state index contributed by atoms with van der Waals surface area (Å²) in [6, 6.07) is 14.6. The van der Waals surface area contributed by atoms with Crippen molar-refractivity contribution in [2.75, 3.05) is 25.4 Å². The Hall–Kier alpha value is -3.13. The lowest BCUT2D eigenvalue weighted by Crippen LogP contribution is -2.33. The molecule has 0 bridgehead atoms. The molecule has 1 N–H and O–H groups in total. The number of carbonyl (C=O) groups excluding carboxylic acids is 1. The number of rotatable bonds is 3. The smallest absolute Gasteiger partial charge is 0.266 e. The summed E-state index contributed by atoms with van der Waals surface area (Å²) in [5.41, 5.74) is 1.61. The largest absolute Gasteiger partial charge is 0.363 e. The van der Waals surface area contributed by atoms with Crippen LogP contribution >= 0.6 is 11.8 Å². The molecule has 0 aliphatic carbocycles. The Kier molecular flexibility index (Phi) is 4.55. The van der Waals surface area contributed by atoms with Crippen molar-refractivity contribution in [2.45, 2.75) is 6.54 Å². The summed E-state index contributed by atoms with van der Waals surface area (Å²) in [4.78, 5) is 37.4. The molecule has 2 aromatic carbocycles. The lowest BCUT2D eigenvalue weighted by atomic mass is 10.1. The number of para-hydroxylation sites is 2. The average molecular weight is 405 g/mol. The van der Waals surface area contributed by atoms with Gasteiger partial charge in [0.25, 0.3) is 11.5 Å². The van der Waals surface area contributed by atoms with Crippen molar-refractivity contribution in [3.8, 4) is 5.69 Å². The van der Waals surface area contributed by atoms with Gasteiger partial charge < -0.3 is 10.2 Å². The summed E-state index contributed by atoms with van der Waals surface area (Å²) in [7, 11) is 0. The summed E-state index contributed by atoms with van der Waals surface area (Å²) >= 11 is 1.61. The van der Waals surface area contributed by atoms with E-state index < -0.39 is 0 Å². The lowest BCUT2D eigenvalue weighted by molar-refractivity contribution is 0.0755. The minimum atomic E-state index is -0.147. The van der Waals surface area contributed by atoms with E-state index in [1.165, 1.54) is 0 Å². The van der Waals surface area contributed by atoms with Gasteiger partial charge in [0.2, 0.25) is 0 Å². The molecular formula is C21H19N5O2S. The number of nitrogens with one attached hydrogen (secondary N) is 1. The van der Waals surface area contributed by atoms with Crippen LogP contribution in [0.5, 0.6) is 0 Å². The third-order valence-electron chi connectivity index (χ3n) is 5.08.